The molecule has 1 amide bonds. The number of nitrogens with zero attached hydrogens (tertiary/aromatic N) is 3. The molecule has 1 spiro atoms. The summed E-state index contributed by atoms with van der Waals surface area (Å²) in [5.41, 5.74) is 2.47. The van der Waals surface area contributed by atoms with Crippen molar-refractivity contribution in [2.24, 2.45) is 5.92 Å². The van der Waals surface area contributed by atoms with Crippen molar-refractivity contribution in [3.63, 3.8) is 0 Å². The topological polar surface area (TPSA) is 73.0 Å². The number of likely N-dealkylation sites (N-methyl/N-ethyl adjacent to an activating group) is 1. The predicted molar refractivity (Wildman–Crippen MR) is 177 cm³/mol. The Hall–Kier alpha value is -2.98. The summed E-state index contributed by atoms with van der Waals surface area (Å²) in [5, 5.41) is 3.59. The first-order chi connectivity index (χ1) is 21.7. The van der Waals surface area contributed by atoms with E-state index in [4.69, 9.17) is 11.6 Å². The fourth-order valence-corrected chi connectivity index (χ4v) is 9.34. The van der Waals surface area contributed by atoms with Crippen LogP contribution in [0.3, 0.4) is 0 Å². The lowest BCUT2D eigenvalue weighted by atomic mass is 9.68. The molecule has 45 heavy (non-hydrogen) atoms. The summed E-state index contributed by atoms with van der Waals surface area (Å²) in [6.45, 7) is 10.4. The second-order valence-electron chi connectivity index (χ2n) is 12.6. The largest absolute Gasteiger partial charge is 0.348 e. The molecule has 2 aliphatic heterocycles. The molecule has 1 saturated carbocycles. The second kappa shape index (κ2) is 13.0. The van der Waals surface area contributed by atoms with E-state index in [1.54, 1.807) is 22.5 Å². The van der Waals surface area contributed by atoms with Crippen molar-refractivity contribution in [2.75, 3.05) is 43.6 Å². The summed E-state index contributed by atoms with van der Waals surface area (Å²) in [6, 6.07) is 17.7. The number of sulfonamides is 1. The number of rotatable bonds is 11. The summed E-state index contributed by atoms with van der Waals surface area (Å²) in [5.74, 6) is -0.477. The van der Waals surface area contributed by atoms with Crippen molar-refractivity contribution in [3.05, 3.63) is 94.3 Å². The molecule has 1 aliphatic carbocycles. The first kappa shape index (κ1) is 32.0. The fourth-order valence-electron chi connectivity index (χ4n) is 7.34. The zero-order valence-electron chi connectivity index (χ0n) is 26.0. The molecular formula is C35H42ClFN4O3S. The third kappa shape index (κ3) is 6.24. The number of hydrogen-bond donors (Lipinski definition) is 1. The average molecular weight is 653 g/mol. The molecule has 1 atom stereocenters. The minimum atomic E-state index is -3.99. The van der Waals surface area contributed by atoms with Crippen molar-refractivity contribution in [1.29, 1.82) is 0 Å². The molecule has 0 bridgehead atoms. The number of nitrogens with one attached hydrogen (secondary N) is 1. The van der Waals surface area contributed by atoms with Gasteiger partial charge in [0.2, 0.25) is 0 Å². The summed E-state index contributed by atoms with van der Waals surface area (Å²) in [6.07, 6.45) is 3.54. The zero-order valence-corrected chi connectivity index (χ0v) is 27.6. The number of halogens is 2. The number of carbonyl (C=O) groups is 1. The van der Waals surface area contributed by atoms with Crippen LogP contribution in [0.2, 0.25) is 5.02 Å². The second-order valence-corrected chi connectivity index (χ2v) is 14.8. The van der Waals surface area contributed by atoms with E-state index in [2.05, 4.69) is 29.0 Å². The molecule has 3 aromatic carbocycles. The lowest BCUT2D eigenvalue weighted by Gasteiger charge is -2.45. The van der Waals surface area contributed by atoms with Gasteiger partial charge in [0.1, 0.15) is 5.82 Å². The standard InChI is InChI=1S/C35H42ClFN4O3S/c1-3-39(4-2)21-22-40-19-17-35(18-20-40)30-23-26(34(42)38-24-27-7-5-6-8-31(27)36)11-16-32(30)41(33(35)25-9-10-25)45(43,44)29-14-12-28(37)13-15-29/h5-8,11-16,23,25,33H,3-4,9-10,17-22,24H2,1-2H3,(H,38,42). The SMILES string of the molecule is CCN(CC)CCN1CCC2(CC1)c1cc(C(=O)NCc3ccccc3Cl)ccc1N(S(=O)(=O)c1ccc(F)cc1)C2C1CC1. The highest BCUT2D eigenvalue weighted by Gasteiger charge is 2.60. The molecule has 0 aromatic heterocycles. The van der Waals surface area contributed by atoms with Gasteiger partial charge in [0, 0.05) is 35.6 Å². The van der Waals surface area contributed by atoms with Crippen LogP contribution in [0.25, 0.3) is 0 Å². The quantitative estimate of drug-likeness (QED) is 0.272. The molecule has 6 rings (SSSR count). The van der Waals surface area contributed by atoms with Crippen molar-refractivity contribution in [2.45, 2.75) is 62.4 Å². The van der Waals surface area contributed by atoms with Gasteiger partial charge in [0.05, 0.1) is 16.6 Å². The molecule has 1 N–H and O–H groups in total. The van der Waals surface area contributed by atoms with Gasteiger partial charge in [-0.15, -0.1) is 0 Å². The molecule has 2 fully saturated rings. The van der Waals surface area contributed by atoms with E-state index in [-0.39, 0.29) is 29.3 Å². The lowest BCUT2D eigenvalue weighted by molar-refractivity contribution is 0.0950. The number of benzene rings is 3. The Morgan fingerprint density at radius 1 is 1.02 bits per heavy atom. The van der Waals surface area contributed by atoms with E-state index in [0.717, 1.165) is 76.1 Å². The molecule has 10 heteroatoms. The fraction of sp³-hybridized carbons (Fsp3) is 0.457. The molecule has 7 nitrogen and oxygen atoms in total. The van der Waals surface area contributed by atoms with Gasteiger partial charge in [0.15, 0.2) is 0 Å². The van der Waals surface area contributed by atoms with Crippen LogP contribution in [0, 0.1) is 11.7 Å². The maximum absolute atomic E-state index is 14.4. The third-order valence-electron chi connectivity index (χ3n) is 10.1. The molecule has 1 unspecified atom stereocenters. The average Bonchev–Trinajstić information content (AvgIpc) is 3.85. The lowest BCUT2D eigenvalue weighted by Crippen LogP contribution is -2.54. The Balaban J connectivity index is 1.36. The summed E-state index contributed by atoms with van der Waals surface area (Å²) in [4.78, 5) is 18.5. The Morgan fingerprint density at radius 3 is 2.36 bits per heavy atom. The number of fused-ring (bicyclic) bond motifs is 2. The minimum Gasteiger partial charge on any atom is -0.348 e. The molecular weight excluding hydrogens is 611 g/mol. The summed E-state index contributed by atoms with van der Waals surface area (Å²) < 4.78 is 44.2. The van der Waals surface area contributed by atoms with E-state index < -0.39 is 21.3 Å². The number of anilines is 1. The van der Waals surface area contributed by atoms with E-state index >= 15 is 0 Å². The highest BCUT2D eigenvalue weighted by atomic mass is 35.5. The van der Waals surface area contributed by atoms with E-state index in [0.29, 0.717) is 16.3 Å². The number of amides is 1. The predicted octanol–water partition coefficient (Wildman–Crippen LogP) is 6.07. The Bertz CT molecular complexity index is 1630. The van der Waals surface area contributed by atoms with Gasteiger partial charge in [-0.05, 0) is 117 Å². The van der Waals surface area contributed by atoms with Crippen LogP contribution in [0.5, 0.6) is 0 Å². The van der Waals surface area contributed by atoms with E-state index in [9.17, 15) is 17.6 Å². The summed E-state index contributed by atoms with van der Waals surface area (Å²) in [7, 11) is -3.99. The first-order valence-electron chi connectivity index (χ1n) is 16.1. The van der Waals surface area contributed by atoms with Crippen molar-refractivity contribution < 1.29 is 17.6 Å². The van der Waals surface area contributed by atoms with Crippen molar-refractivity contribution >= 4 is 33.2 Å². The normalized spacial score (nSPS) is 19.7. The van der Waals surface area contributed by atoms with Crippen LogP contribution in [0.1, 0.15) is 61.0 Å². The van der Waals surface area contributed by atoms with Crippen LogP contribution >= 0.6 is 11.6 Å². The molecule has 2 heterocycles. The minimum absolute atomic E-state index is 0.0794. The molecule has 0 radical (unpaired) electrons. The van der Waals surface area contributed by atoms with Gasteiger partial charge in [-0.3, -0.25) is 9.10 Å². The Labute approximate surface area is 271 Å². The Kier molecular flexibility index (Phi) is 9.26. The zero-order chi connectivity index (χ0) is 31.8. The van der Waals surface area contributed by atoms with E-state index in [1.165, 1.54) is 24.3 Å². The smallest absolute Gasteiger partial charge is 0.264 e. The maximum Gasteiger partial charge on any atom is 0.264 e. The highest BCUT2D eigenvalue weighted by molar-refractivity contribution is 7.92. The van der Waals surface area contributed by atoms with Gasteiger partial charge in [-0.1, -0.05) is 43.6 Å². The van der Waals surface area contributed by atoms with E-state index in [1.807, 2.05) is 24.3 Å². The monoisotopic (exact) mass is 652 g/mol. The first-order valence-corrected chi connectivity index (χ1v) is 17.9. The van der Waals surface area contributed by atoms with Gasteiger partial charge >= 0.3 is 0 Å². The number of likely N-dealkylation sites (tertiary alicyclic amines) is 1. The van der Waals surface area contributed by atoms with Crippen molar-refractivity contribution in [1.82, 2.24) is 15.1 Å². The number of piperidine rings is 1. The van der Waals surface area contributed by atoms with Crippen molar-refractivity contribution in [3.8, 4) is 0 Å². The van der Waals surface area contributed by atoms with Gasteiger partial charge in [-0.25, -0.2) is 12.8 Å². The maximum atomic E-state index is 14.4. The van der Waals surface area contributed by atoms with Crippen LogP contribution in [-0.4, -0.2) is 69.4 Å². The molecule has 3 aliphatic rings. The van der Waals surface area contributed by atoms with Crippen LogP contribution in [0.4, 0.5) is 10.1 Å². The number of hydrogen-bond acceptors (Lipinski definition) is 5. The van der Waals surface area contributed by atoms with Gasteiger partial charge in [-0.2, -0.15) is 0 Å². The molecule has 240 valence electrons. The van der Waals surface area contributed by atoms with Crippen LogP contribution < -0.4 is 9.62 Å². The highest BCUT2D eigenvalue weighted by Crippen LogP contribution is 2.59. The Morgan fingerprint density at radius 2 is 1.71 bits per heavy atom. The van der Waals surface area contributed by atoms with Crippen LogP contribution in [-0.2, 0) is 22.0 Å². The molecule has 3 aromatic rings. The molecule has 1 saturated heterocycles. The third-order valence-corrected chi connectivity index (χ3v) is 12.2. The summed E-state index contributed by atoms with van der Waals surface area (Å²) >= 11 is 6.32. The number of carbonyl (C=O) groups excluding carboxylic acids is 1. The van der Waals surface area contributed by atoms with Gasteiger partial charge < -0.3 is 15.1 Å². The van der Waals surface area contributed by atoms with Gasteiger partial charge in [0.25, 0.3) is 15.9 Å². The van der Waals surface area contributed by atoms with Crippen LogP contribution in [0.15, 0.2) is 71.6 Å².